The summed E-state index contributed by atoms with van der Waals surface area (Å²) in [6.07, 6.45) is 1.12. The molecule has 0 aliphatic rings. The van der Waals surface area contributed by atoms with Crippen molar-refractivity contribution in [2.75, 3.05) is 0 Å². The highest BCUT2D eigenvalue weighted by Gasteiger charge is 2.18. The normalized spacial score (nSPS) is 12.6. The van der Waals surface area contributed by atoms with Crippen molar-refractivity contribution in [1.82, 2.24) is 9.55 Å². The fourth-order valence-electron chi connectivity index (χ4n) is 4.67. The fraction of sp³-hybridized carbons (Fsp3) is 0.233. The van der Waals surface area contributed by atoms with Crippen molar-refractivity contribution in [3.63, 3.8) is 0 Å². The average Bonchev–Trinajstić information content (AvgIpc) is 3.17. The van der Waals surface area contributed by atoms with Crippen LogP contribution in [0.1, 0.15) is 49.2 Å². The molecular weight excluding hydrogens is 388 g/mol. The number of imidazole rings is 1. The second kappa shape index (κ2) is 8.63. The molecule has 2 nitrogen and oxygen atoms in total. The molecule has 1 atom stereocenters. The number of nitrogens with zero attached hydrogens (tertiary/aromatic N) is 2. The van der Waals surface area contributed by atoms with E-state index in [9.17, 15) is 0 Å². The van der Waals surface area contributed by atoms with Crippen LogP contribution in [0.4, 0.5) is 0 Å². The van der Waals surface area contributed by atoms with E-state index in [1.807, 2.05) is 0 Å². The summed E-state index contributed by atoms with van der Waals surface area (Å²) in [4.78, 5) is 5.08. The van der Waals surface area contributed by atoms with E-state index in [0.29, 0.717) is 5.92 Å². The van der Waals surface area contributed by atoms with Gasteiger partial charge in [0, 0.05) is 12.5 Å². The molecule has 5 rings (SSSR count). The van der Waals surface area contributed by atoms with Gasteiger partial charge in [0.1, 0.15) is 5.82 Å². The van der Waals surface area contributed by atoms with E-state index in [0.717, 1.165) is 24.3 Å². The van der Waals surface area contributed by atoms with Gasteiger partial charge in [-0.3, -0.25) is 0 Å². The Morgan fingerprint density at radius 2 is 1.41 bits per heavy atom. The molecule has 0 spiro atoms. The van der Waals surface area contributed by atoms with Gasteiger partial charge in [0.25, 0.3) is 0 Å². The molecule has 0 bridgehead atoms. The molecule has 0 aliphatic carbocycles. The Hall–Kier alpha value is -3.39. The maximum atomic E-state index is 5.08. The van der Waals surface area contributed by atoms with Crippen molar-refractivity contribution in [2.24, 2.45) is 5.92 Å². The SMILES string of the molecule is CC(C)Cc1ccc([C@@H](C)c2nc3ccccc3n2Cc2ccc3ccccc3c2)cc1. The molecule has 2 heteroatoms. The lowest BCUT2D eigenvalue weighted by Crippen LogP contribution is -2.09. The van der Waals surface area contributed by atoms with Gasteiger partial charge in [-0.25, -0.2) is 4.98 Å². The minimum atomic E-state index is 0.218. The quantitative estimate of drug-likeness (QED) is 0.278. The van der Waals surface area contributed by atoms with E-state index in [-0.39, 0.29) is 5.92 Å². The summed E-state index contributed by atoms with van der Waals surface area (Å²) in [6.45, 7) is 7.63. The van der Waals surface area contributed by atoms with E-state index in [4.69, 9.17) is 4.98 Å². The number of para-hydroxylation sites is 2. The molecule has 0 saturated carbocycles. The number of aromatic nitrogens is 2. The van der Waals surface area contributed by atoms with Gasteiger partial charge in [-0.1, -0.05) is 93.6 Å². The third kappa shape index (κ3) is 4.05. The highest BCUT2D eigenvalue weighted by molar-refractivity contribution is 5.83. The summed E-state index contributed by atoms with van der Waals surface area (Å²) in [6, 6.07) is 32.9. The van der Waals surface area contributed by atoms with E-state index in [1.54, 1.807) is 0 Å². The van der Waals surface area contributed by atoms with Crippen LogP contribution in [0.15, 0.2) is 91.0 Å². The highest BCUT2D eigenvalue weighted by Crippen LogP contribution is 2.29. The van der Waals surface area contributed by atoms with Crippen LogP contribution in [-0.2, 0) is 13.0 Å². The van der Waals surface area contributed by atoms with Crippen molar-refractivity contribution in [1.29, 1.82) is 0 Å². The number of hydrogen-bond donors (Lipinski definition) is 0. The maximum Gasteiger partial charge on any atom is 0.117 e. The number of hydrogen-bond acceptors (Lipinski definition) is 1. The van der Waals surface area contributed by atoms with Gasteiger partial charge >= 0.3 is 0 Å². The second-order valence-electron chi connectivity index (χ2n) is 9.29. The van der Waals surface area contributed by atoms with E-state index >= 15 is 0 Å². The Bertz CT molecular complexity index is 1360. The third-order valence-electron chi connectivity index (χ3n) is 6.35. The lowest BCUT2D eigenvalue weighted by molar-refractivity contribution is 0.646. The van der Waals surface area contributed by atoms with Gasteiger partial charge in [0.2, 0.25) is 0 Å². The summed E-state index contributed by atoms with van der Waals surface area (Å²) in [5.74, 6) is 2.01. The summed E-state index contributed by atoms with van der Waals surface area (Å²) in [5, 5.41) is 2.56. The Morgan fingerprint density at radius 3 is 2.19 bits per heavy atom. The molecule has 0 amide bonds. The molecule has 160 valence electrons. The van der Waals surface area contributed by atoms with Gasteiger partial charge in [-0.05, 0) is 58.0 Å². The summed E-state index contributed by atoms with van der Waals surface area (Å²) in [7, 11) is 0. The van der Waals surface area contributed by atoms with Crippen LogP contribution in [0.5, 0.6) is 0 Å². The minimum absolute atomic E-state index is 0.218. The standard InChI is InChI=1S/C30H30N2/c1-21(2)18-23-12-15-25(16-13-23)22(3)30-31-28-10-6-7-11-29(28)32(30)20-24-14-17-26-8-4-5-9-27(26)19-24/h4-17,19,21-22H,18,20H2,1-3H3/t22-/m1/s1. The molecule has 1 aromatic heterocycles. The van der Waals surface area contributed by atoms with Gasteiger partial charge in [0.05, 0.1) is 11.0 Å². The molecule has 4 aromatic carbocycles. The molecule has 5 aromatic rings. The average molecular weight is 419 g/mol. The lowest BCUT2D eigenvalue weighted by atomic mass is 9.96. The maximum absolute atomic E-state index is 5.08. The second-order valence-corrected chi connectivity index (χ2v) is 9.29. The first-order valence-corrected chi connectivity index (χ1v) is 11.6. The Balaban J connectivity index is 1.53. The van der Waals surface area contributed by atoms with Crippen LogP contribution in [0, 0.1) is 5.92 Å². The molecule has 0 saturated heterocycles. The van der Waals surface area contributed by atoms with Crippen LogP contribution in [0.25, 0.3) is 21.8 Å². The van der Waals surface area contributed by atoms with Crippen molar-refractivity contribution in [3.05, 3.63) is 114 Å². The fourth-order valence-corrected chi connectivity index (χ4v) is 4.67. The van der Waals surface area contributed by atoms with E-state index in [2.05, 4.69) is 116 Å². The minimum Gasteiger partial charge on any atom is -0.323 e. The van der Waals surface area contributed by atoms with Crippen molar-refractivity contribution >= 4 is 21.8 Å². The molecule has 0 unspecified atom stereocenters. The molecule has 0 N–H and O–H groups in total. The topological polar surface area (TPSA) is 17.8 Å². The predicted octanol–water partition coefficient (Wildman–Crippen LogP) is 7.59. The predicted molar refractivity (Wildman–Crippen MR) is 135 cm³/mol. The van der Waals surface area contributed by atoms with Crippen LogP contribution in [0.2, 0.25) is 0 Å². The molecular formula is C30H30N2. The zero-order valence-corrected chi connectivity index (χ0v) is 19.1. The Kier molecular flexibility index (Phi) is 5.53. The third-order valence-corrected chi connectivity index (χ3v) is 6.35. The van der Waals surface area contributed by atoms with Gasteiger partial charge in [0.15, 0.2) is 0 Å². The first-order chi connectivity index (χ1) is 15.6. The Morgan fingerprint density at radius 1 is 0.719 bits per heavy atom. The van der Waals surface area contributed by atoms with Crippen LogP contribution in [-0.4, -0.2) is 9.55 Å². The summed E-state index contributed by atoms with van der Waals surface area (Å²) in [5.41, 5.74) is 6.27. The van der Waals surface area contributed by atoms with E-state index < -0.39 is 0 Å². The molecule has 0 aliphatic heterocycles. The van der Waals surface area contributed by atoms with Crippen molar-refractivity contribution in [3.8, 4) is 0 Å². The number of benzene rings is 4. The molecule has 32 heavy (non-hydrogen) atoms. The smallest absolute Gasteiger partial charge is 0.117 e. The number of rotatable bonds is 6. The van der Waals surface area contributed by atoms with Gasteiger partial charge < -0.3 is 4.57 Å². The zero-order valence-electron chi connectivity index (χ0n) is 19.1. The largest absolute Gasteiger partial charge is 0.323 e. The van der Waals surface area contributed by atoms with Gasteiger partial charge in [-0.2, -0.15) is 0 Å². The first kappa shape index (κ1) is 20.5. The molecule has 1 heterocycles. The Labute approximate surface area is 190 Å². The summed E-state index contributed by atoms with van der Waals surface area (Å²) >= 11 is 0. The van der Waals surface area contributed by atoms with E-state index in [1.165, 1.54) is 33.0 Å². The molecule has 0 fully saturated rings. The summed E-state index contributed by atoms with van der Waals surface area (Å²) < 4.78 is 2.39. The first-order valence-electron chi connectivity index (χ1n) is 11.6. The van der Waals surface area contributed by atoms with Crippen molar-refractivity contribution < 1.29 is 0 Å². The zero-order chi connectivity index (χ0) is 22.1. The van der Waals surface area contributed by atoms with Gasteiger partial charge in [-0.15, -0.1) is 0 Å². The monoisotopic (exact) mass is 418 g/mol. The lowest BCUT2D eigenvalue weighted by Gasteiger charge is -2.16. The highest BCUT2D eigenvalue weighted by atomic mass is 15.1. The van der Waals surface area contributed by atoms with Crippen LogP contribution >= 0.6 is 0 Å². The number of fused-ring (bicyclic) bond motifs is 2. The van der Waals surface area contributed by atoms with Crippen molar-refractivity contribution in [2.45, 2.75) is 39.7 Å². The molecule has 0 radical (unpaired) electrons. The van der Waals surface area contributed by atoms with Crippen LogP contribution in [0.3, 0.4) is 0 Å². The van der Waals surface area contributed by atoms with Crippen LogP contribution < -0.4 is 0 Å².